The number of carbonyl (C=O) groups excluding carboxylic acids is 1. The zero-order valence-electron chi connectivity index (χ0n) is 8.79. The smallest absolute Gasteiger partial charge is 0.306 e. The van der Waals surface area contributed by atoms with Crippen molar-refractivity contribution in [3.8, 4) is 0 Å². The highest BCUT2D eigenvalue weighted by Crippen LogP contribution is 2.22. The summed E-state index contributed by atoms with van der Waals surface area (Å²) in [5.74, 6) is -0.918. The van der Waals surface area contributed by atoms with Crippen LogP contribution in [0, 0.1) is 10.1 Å². The lowest BCUT2D eigenvalue weighted by molar-refractivity contribution is -0.483. The van der Waals surface area contributed by atoms with E-state index in [1.165, 1.54) is 11.3 Å². The van der Waals surface area contributed by atoms with Crippen LogP contribution < -0.4 is 0 Å². The van der Waals surface area contributed by atoms with Crippen LogP contribution in [0.15, 0.2) is 11.6 Å². The second-order valence-corrected chi connectivity index (χ2v) is 4.02. The van der Waals surface area contributed by atoms with Gasteiger partial charge in [0.1, 0.15) is 5.01 Å². The Labute approximate surface area is 96.4 Å². The summed E-state index contributed by atoms with van der Waals surface area (Å²) in [6, 6.07) is 0. The van der Waals surface area contributed by atoms with E-state index in [1.807, 2.05) is 0 Å². The maximum atomic E-state index is 11.3. The summed E-state index contributed by atoms with van der Waals surface area (Å²) in [5.41, 5.74) is 0. The number of rotatable bonds is 6. The Bertz CT molecular complexity index is 352. The van der Waals surface area contributed by atoms with Crippen molar-refractivity contribution in [1.29, 1.82) is 0 Å². The second kappa shape index (κ2) is 6.16. The molecule has 0 saturated carbocycles. The number of aromatic nitrogens is 1. The minimum absolute atomic E-state index is 0.00231. The molecule has 16 heavy (non-hydrogen) atoms. The van der Waals surface area contributed by atoms with E-state index >= 15 is 0 Å². The fraction of sp³-hybridized carbons (Fsp3) is 0.556. The second-order valence-electron chi connectivity index (χ2n) is 3.09. The molecule has 0 aliphatic carbocycles. The van der Waals surface area contributed by atoms with Gasteiger partial charge in [0.05, 0.1) is 18.9 Å². The Morgan fingerprint density at radius 3 is 3.00 bits per heavy atom. The molecule has 1 aromatic heterocycles. The zero-order valence-corrected chi connectivity index (χ0v) is 9.61. The minimum atomic E-state index is -0.492. The molecule has 6 nitrogen and oxygen atoms in total. The summed E-state index contributed by atoms with van der Waals surface area (Å²) in [4.78, 5) is 25.3. The molecule has 0 saturated heterocycles. The van der Waals surface area contributed by atoms with Crippen molar-refractivity contribution in [3.63, 3.8) is 0 Å². The van der Waals surface area contributed by atoms with Gasteiger partial charge >= 0.3 is 5.97 Å². The molecule has 0 radical (unpaired) electrons. The molecule has 0 aromatic carbocycles. The summed E-state index contributed by atoms with van der Waals surface area (Å²) in [5, 5.41) is 12.8. The average molecular weight is 244 g/mol. The summed E-state index contributed by atoms with van der Waals surface area (Å²) in [6.45, 7) is 1.68. The molecular formula is C9H12N2O4S. The monoisotopic (exact) mass is 244 g/mol. The highest BCUT2D eigenvalue weighted by atomic mass is 32.1. The summed E-state index contributed by atoms with van der Waals surface area (Å²) in [7, 11) is 0. The minimum Gasteiger partial charge on any atom is -0.466 e. The van der Waals surface area contributed by atoms with Crippen molar-refractivity contribution in [3.05, 3.63) is 26.7 Å². The van der Waals surface area contributed by atoms with Gasteiger partial charge in [-0.3, -0.25) is 14.9 Å². The molecule has 0 bridgehead atoms. The van der Waals surface area contributed by atoms with E-state index in [4.69, 9.17) is 4.74 Å². The van der Waals surface area contributed by atoms with Gasteiger partial charge in [-0.1, -0.05) is 0 Å². The predicted molar refractivity (Wildman–Crippen MR) is 58.0 cm³/mol. The molecule has 0 spiro atoms. The van der Waals surface area contributed by atoms with Gasteiger partial charge in [-0.25, -0.2) is 4.98 Å². The quantitative estimate of drug-likeness (QED) is 0.430. The lowest BCUT2D eigenvalue weighted by Gasteiger charge is -2.08. The highest BCUT2D eigenvalue weighted by molar-refractivity contribution is 7.09. The third kappa shape index (κ3) is 3.93. The van der Waals surface area contributed by atoms with Crippen molar-refractivity contribution in [1.82, 2.24) is 4.98 Å². The molecule has 1 unspecified atom stereocenters. The van der Waals surface area contributed by atoms with Crippen LogP contribution in [0.3, 0.4) is 0 Å². The predicted octanol–water partition coefficient (Wildman–Crippen LogP) is 1.46. The number of nitrogens with zero attached hydrogens (tertiary/aromatic N) is 2. The van der Waals surface area contributed by atoms with Crippen molar-refractivity contribution in [2.75, 3.05) is 13.2 Å². The molecule has 0 aliphatic heterocycles. The molecule has 0 aliphatic rings. The third-order valence-electron chi connectivity index (χ3n) is 1.89. The topological polar surface area (TPSA) is 82.3 Å². The van der Waals surface area contributed by atoms with E-state index < -0.39 is 16.8 Å². The van der Waals surface area contributed by atoms with Crippen LogP contribution in [0.5, 0.6) is 0 Å². The molecule has 0 fully saturated rings. The normalized spacial score (nSPS) is 12.1. The van der Waals surface area contributed by atoms with Crippen molar-refractivity contribution in [2.24, 2.45) is 0 Å². The first-order chi connectivity index (χ1) is 7.63. The summed E-state index contributed by atoms with van der Waals surface area (Å²) >= 11 is 1.31. The SMILES string of the molecule is CCOC(=O)CC(C[N+](=O)[O-])c1nccs1. The van der Waals surface area contributed by atoms with Crippen LogP contribution in [0.2, 0.25) is 0 Å². The lowest BCUT2D eigenvalue weighted by Crippen LogP contribution is -2.17. The molecule has 1 aromatic rings. The van der Waals surface area contributed by atoms with Gasteiger partial charge in [0, 0.05) is 16.5 Å². The fourth-order valence-corrected chi connectivity index (χ4v) is 2.00. The average Bonchev–Trinajstić information content (AvgIpc) is 2.68. The Balaban J connectivity index is 2.65. The Hall–Kier alpha value is -1.50. The van der Waals surface area contributed by atoms with Crippen molar-refractivity contribution < 1.29 is 14.5 Å². The van der Waals surface area contributed by atoms with Crippen LogP contribution in [0.25, 0.3) is 0 Å². The molecular weight excluding hydrogens is 232 g/mol. The van der Waals surface area contributed by atoms with Gasteiger partial charge in [0.25, 0.3) is 0 Å². The molecule has 0 N–H and O–H groups in total. The largest absolute Gasteiger partial charge is 0.466 e. The van der Waals surface area contributed by atoms with Crippen LogP contribution in [0.4, 0.5) is 0 Å². The van der Waals surface area contributed by atoms with Gasteiger partial charge < -0.3 is 4.74 Å². The molecule has 7 heteroatoms. The molecule has 0 amide bonds. The van der Waals surface area contributed by atoms with Crippen molar-refractivity contribution >= 4 is 17.3 Å². The van der Waals surface area contributed by atoms with Gasteiger partial charge in [-0.15, -0.1) is 11.3 Å². The summed E-state index contributed by atoms with van der Waals surface area (Å²) < 4.78 is 4.77. The Kier molecular flexibility index (Phi) is 4.84. The maximum absolute atomic E-state index is 11.3. The Morgan fingerprint density at radius 2 is 2.50 bits per heavy atom. The molecule has 1 rings (SSSR count). The molecule has 1 heterocycles. The van der Waals surface area contributed by atoms with E-state index in [1.54, 1.807) is 18.5 Å². The number of thiazole rings is 1. The first kappa shape index (κ1) is 12.6. The van der Waals surface area contributed by atoms with E-state index in [9.17, 15) is 14.9 Å². The van der Waals surface area contributed by atoms with Gasteiger partial charge in [-0.05, 0) is 6.92 Å². The zero-order chi connectivity index (χ0) is 12.0. The van der Waals surface area contributed by atoms with Gasteiger partial charge in [0.2, 0.25) is 6.54 Å². The van der Waals surface area contributed by atoms with Crippen LogP contribution in [-0.4, -0.2) is 29.0 Å². The molecule has 1 atom stereocenters. The van der Waals surface area contributed by atoms with E-state index in [0.29, 0.717) is 5.01 Å². The highest BCUT2D eigenvalue weighted by Gasteiger charge is 2.24. The lowest BCUT2D eigenvalue weighted by atomic mass is 10.1. The Morgan fingerprint density at radius 1 is 1.75 bits per heavy atom. The number of esters is 1. The van der Waals surface area contributed by atoms with Gasteiger partial charge in [0.15, 0.2) is 0 Å². The van der Waals surface area contributed by atoms with Crippen LogP contribution >= 0.6 is 11.3 Å². The third-order valence-corrected chi connectivity index (χ3v) is 2.83. The van der Waals surface area contributed by atoms with E-state index in [-0.39, 0.29) is 19.6 Å². The first-order valence-electron chi connectivity index (χ1n) is 4.80. The maximum Gasteiger partial charge on any atom is 0.306 e. The molecule has 88 valence electrons. The van der Waals surface area contributed by atoms with E-state index in [0.717, 1.165) is 0 Å². The van der Waals surface area contributed by atoms with Crippen LogP contribution in [-0.2, 0) is 9.53 Å². The number of nitro groups is 1. The summed E-state index contributed by atoms with van der Waals surface area (Å²) in [6.07, 6.45) is 1.57. The number of carbonyl (C=O) groups is 1. The van der Waals surface area contributed by atoms with Crippen LogP contribution in [0.1, 0.15) is 24.3 Å². The van der Waals surface area contributed by atoms with E-state index in [2.05, 4.69) is 4.98 Å². The van der Waals surface area contributed by atoms with Gasteiger partial charge in [-0.2, -0.15) is 0 Å². The first-order valence-corrected chi connectivity index (χ1v) is 5.68. The number of ether oxygens (including phenoxy) is 1. The standard InChI is InChI=1S/C9H12N2O4S/c1-2-15-8(12)5-7(6-11(13)14)9-10-3-4-16-9/h3-4,7H,2,5-6H2,1H3. The fourth-order valence-electron chi connectivity index (χ4n) is 1.27. The number of hydrogen-bond donors (Lipinski definition) is 0. The number of hydrogen-bond acceptors (Lipinski definition) is 6. The van der Waals surface area contributed by atoms with Crippen molar-refractivity contribution in [2.45, 2.75) is 19.3 Å².